The number of nitrogens with two attached hydrogens (primary N) is 1. The van der Waals surface area contributed by atoms with Gasteiger partial charge in [0.15, 0.2) is 11.5 Å². The standard InChI is InChI=1S/C14H21NO2/c1-10-11(9-14(2,3)15)5-6-12-13(10)17-8-4-7-16-12/h5-6H,4,7-9,15H2,1-3H3. The van der Waals surface area contributed by atoms with Crippen molar-refractivity contribution in [2.45, 2.75) is 39.2 Å². The Hall–Kier alpha value is -1.22. The van der Waals surface area contributed by atoms with Crippen LogP contribution in [-0.2, 0) is 6.42 Å². The highest BCUT2D eigenvalue weighted by Gasteiger charge is 2.19. The van der Waals surface area contributed by atoms with Crippen molar-refractivity contribution in [3.05, 3.63) is 23.3 Å². The zero-order valence-corrected chi connectivity index (χ0v) is 10.9. The van der Waals surface area contributed by atoms with Crippen molar-refractivity contribution in [3.8, 4) is 11.5 Å². The highest BCUT2D eigenvalue weighted by Crippen LogP contribution is 2.35. The summed E-state index contributed by atoms with van der Waals surface area (Å²) in [5.41, 5.74) is 8.26. The van der Waals surface area contributed by atoms with E-state index < -0.39 is 0 Å². The summed E-state index contributed by atoms with van der Waals surface area (Å²) in [6.45, 7) is 7.61. The van der Waals surface area contributed by atoms with E-state index in [0.717, 1.165) is 43.1 Å². The maximum Gasteiger partial charge on any atom is 0.164 e. The molecule has 0 bridgehead atoms. The highest BCUT2D eigenvalue weighted by atomic mass is 16.5. The Morgan fingerprint density at radius 2 is 1.94 bits per heavy atom. The summed E-state index contributed by atoms with van der Waals surface area (Å²) in [5.74, 6) is 1.75. The normalized spacial score (nSPS) is 15.5. The van der Waals surface area contributed by atoms with E-state index in [1.165, 1.54) is 5.56 Å². The zero-order chi connectivity index (χ0) is 12.5. The molecule has 1 aliphatic heterocycles. The Morgan fingerprint density at radius 3 is 2.65 bits per heavy atom. The number of hydrogen-bond acceptors (Lipinski definition) is 3. The zero-order valence-electron chi connectivity index (χ0n) is 10.9. The summed E-state index contributed by atoms with van der Waals surface area (Å²) < 4.78 is 11.4. The monoisotopic (exact) mass is 235 g/mol. The van der Waals surface area contributed by atoms with Gasteiger partial charge >= 0.3 is 0 Å². The Kier molecular flexibility index (Phi) is 3.29. The minimum atomic E-state index is -0.204. The fourth-order valence-corrected chi connectivity index (χ4v) is 2.10. The molecule has 3 nitrogen and oxygen atoms in total. The molecule has 0 atom stereocenters. The smallest absolute Gasteiger partial charge is 0.164 e. The van der Waals surface area contributed by atoms with Gasteiger partial charge in [0.1, 0.15) is 0 Å². The van der Waals surface area contributed by atoms with Gasteiger partial charge in [0.25, 0.3) is 0 Å². The lowest BCUT2D eigenvalue weighted by Gasteiger charge is -2.21. The second kappa shape index (κ2) is 4.57. The molecule has 0 spiro atoms. The second-order valence-corrected chi connectivity index (χ2v) is 5.39. The van der Waals surface area contributed by atoms with Crippen LogP contribution in [0.25, 0.3) is 0 Å². The van der Waals surface area contributed by atoms with Gasteiger partial charge in [-0.25, -0.2) is 0 Å². The molecule has 0 amide bonds. The predicted molar refractivity (Wildman–Crippen MR) is 68.8 cm³/mol. The van der Waals surface area contributed by atoms with Gasteiger partial charge in [-0.05, 0) is 44.4 Å². The van der Waals surface area contributed by atoms with Crippen molar-refractivity contribution in [1.29, 1.82) is 0 Å². The molecule has 1 aliphatic rings. The molecule has 0 aliphatic carbocycles. The van der Waals surface area contributed by atoms with Crippen molar-refractivity contribution in [1.82, 2.24) is 0 Å². The molecular formula is C14H21NO2. The van der Waals surface area contributed by atoms with Gasteiger partial charge in [0, 0.05) is 12.0 Å². The van der Waals surface area contributed by atoms with Crippen LogP contribution in [0.1, 0.15) is 31.4 Å². The topological polar surface area (TPSA) is 44.5 Å². The molecule has 0 saturated heterocycles. The van der Waals surface area contributed by atoms with Crippen LogP contribution in [0.15, 0.2) is 12.1 Å². The minimum absolute atomic E-state index is 0.204. The van der Waals surface area contributed by atoms with E-state index in [0.29, 0.717) is 0 Å². The van der Waals surface area contributed by atoms with Gasteiger partial charge < -0.3 is 15.2 Å². The second-order valence-electron chi connectivity index (χ2n) is 5.39. The number of ether oxygens (including phenoxy) is 2. The van der Waals surface area contributed by atoms with Gasteiger partial charge in [0.2, 0.25) is 0 Å². The fourth-order valence-electron chi connectivity index (χ4n) is 2.10. The van der Waals surface area contributed by atoms with Crippen molar-refractivity contribution in [2.75, 3.05) is 13.2 Å². The maximum absolute atomic E-state index is 6.07. The first kappa shape index (κ1) is 12.2. The first-order valence-corrected chi connectivity index (χ1v) is 6.14. The number of hydrogen-bond donors (Lipinski definition) is 1. The first-order chi connectivity index (χ1) is 7.97. The summed E-state index contributed by atoms with van der Waals surface area (Å²) in [5, 5.41) is 0. The Labute approximate surface area is 103 Å². The molecule has 2 rings (SSSR count). The van der Waals surface area contributed by atoms with Gasteiger partial charge in [0.05, 0.1) is 13.2 Å². The quantitative estimate of drug-likeness (QED) is 0.856. The van der Waals surface area contributed by atoms with E-state index in [2.05, 4.69) is 13.0 Å². The largest absolute Gasteiger partial charge is 0.490 e. The molecule has 0 aromatic heterocycles. The van der Waals surface area contributed by atoms with E-state index in [1.54, 1.807) is 0 Å². The Morgan fingerprint density at radius 1 is 1.24 bits per heavy atom. The van der Waals surface area contributed by atoms with Crippen LogP contribution in [0.3, 0.4) is 0 Å². The van der Waals surface area contributed by atoms with Crippen LogP contribution in [0.2, 0.25) is 0 Å². The van der Waals surface area contributed by atoms with Crippen molar-refractivity contribution >= 4 is 0 Å². The van der Waals surface area contributed by atoms with Crippen molar-refractivity contribution in [3.63, 3.8) is 0 Å². The molecule has 94 valence electrons. The van der Waals surface area contributed by atoms with Gasteiger partial charge in [-0.2, -0.15) is 0 Å². The van der Waals surface area contributed by atoms with E-state index in [9.17, 15) is 0 Å². The molecule has 0 fully saturated rings. The number of benzene rings is 1. The fraction of sp³-hybridized carbons (Fsp3) is 0.571. The lowest BCUT2D eigenvalue weighted by Crippen LogP contribution is -2.34. The third-order valence-corrected chi connectivity index (χ3v) is 2.92. The summed E-state index contributed by atoms with van der Waals surface area (Å²) in [7, 11) is 0. The van der Waals surface area contributed by atoms with Crippen LogP contribution >= 0.6 is 0 Å². The molecule has 1 heterocycles. The summed E-state index contributed by atoms with van der Waals surface area (Å²) in [6, 6.07) is 4.09. The van der Waals surface area contributed by atoms with Crippen molar-refractivity contribution in [2.24, 2.45) is 5.73 Å². The maximum atomic E-state index is 6.07. The summed E-state index contributed by atoms with van der Waals surface area (Å²) in [4.78, 5) is 0. The average Bonchev–Trinajstić information content (AvgIpc) is 2.46. The average molecular weight is 235 g/mol. The molecule has 0 unspecified atom stereocenters. The van der Waals surface area contributed by atoms with E-state index in [-0.39, 0.29) is 5.54 Å². The Bertz CT molecular complexity index is 407. The minimum Gasteiger partial charge on any atom is -0.490 e. The molecule has 0 saturated carbocycles. The Balaban J connectivity index is 2.34. The molecule has 2 N–H and O–H groups in total. The van der Waals surface area contributed by atoms with Crippen LogP contribution in [0, 0.1) is 6.92 Å². The van der Waals surface area contributed by atoms with Gasteiger partial charge in [-0.15, -0.1) is 0 Å². The lowest BCUT2D eigenvalue weighted by atomic mass is 9.93. The van der Waals surface area contributed by atoms with Crippen LogP contribution in [0.4, 0.5) is 0 Å². The van der Waals surface area contributed by atoms with Crippen LogP contribution in [0.5, 0.6) is 11.5 Å². The van der Waals surface area contributed by atoms with Gasteiger partial charge in [-0.1, -0.05) is 6.07 Å². The third kappa shape index (κ3) is 2.91. The number of fused-ring (bicyclic) bond motifs is 1. The van der Waals surface area contributed by atoms with E-state index >= 15 is 0 Å². The van der Waals surface area contributed by atoms with E-state index in [1.807, 2.05) is 19.9 Å². The van der Waals surface area contributed by atoms with Crippen LogP contribution in [-0.4, -0.2) is 18.8 Å². The number of rotatable bonds is 2. The van der Waals surface area contributed by atoms with Gasteiger partial charge in [-0.3, -0.25) is 0 Å². The third-order valence-electron chi connectivity index (χ3n) is 2.92. The molecule has 17 heavy (non-hydrogen) atoms. The van der Waals surface area contributed by atoms with Crippen LogP contribution < -0.4 is 15.2 Å². The summed E-state index contributed by atoms with van der Waals surface area (Å²) >= 11 is 0. The van der Waals surface area contributed by atoms with Crippen molar-refractivity contribution < 1.29 is 9.47 Å². The molecule has 0 radical (unpaired) electrons. The molecular weight excluding hydrogens is 214 g/mol. The molecule has 1 aromatic rings. The molecule has 3 heteroatoms. The lowest BCUT2D eigenvalue weighted by molar-refractivity contribution is 0.296. The molecule has 1 aromatic carbocycles. The first-order valence-electron chi connectivity index (χ1n) is 6.14. The van der Waals surface area contributed by atoms with E-state index in [4.69, 9.17) is 15.2 Å². The SMILES string of the molecule is Cc1c(CC(C)(C)N)ccc2c1OCCCO2. The highest BCUT2D eigenvalue weighted by molar-refractivity contribution is 5.50. The predicted octanol–water partition coefficient (Wildman–Crippen LogP) is 2.44. The summed E-state index contributed by atoms with van der Waals surface area (Å²) in [6.07, 6.45) is 1.78.